The summed E-state index contributed by atoms with van der Waals surface area (Å²) < 4.78 is 32.4. The number of nitrogens with one attached hydrogen (secondary N) is 1. The molecule has 0 saturated heterocycles. The molecule has 1 saturated carbocycles. The highest BCUT2D eigenvalue weighted by Gasteiger charge is 2.28. The van der Waals surface area contributed by atoms with Crippen molar-refractivity contribution in [1.82, 2.24) is 4.72 Å². The molecule has 118 valence electrons. The molecule has 1 aliphatic carbocycles. The number of aliphatic hydroxyl groups is 1. The Hall–Kier alpha value is -1.11. The molecule has 5 nitrogen and oxygen atoms in total. The molecule has 1 aliphatic rings. The van der Waals surface area contributed by atoms with Gasteiger partial charge >= 0.3 is 0 Å². The summed E-state index contributed by atoms with van der Waals surface area (Å²) in [6.45, 7) is 2.95. The van der Waals surface area contributed by atoms with E-state index in [1.165, 1.54) is 0 Å². The highest BCUT2D eigenvalue weighted by Crippen LogP contribution is 2.31. The third-order valence-electron chi connectivity index (χ3n) is 4.03. The van der Waals surface area contributed by atoms with Crippen LogP contribution in [0.2, 0.25) is 0 Å². The number of sulfonamides is 1. The van der Waals surface area contributed by atoms with Crippen LogP contribution in [0.15, 0.2) is 29.2 Å². The van der Waals surface area contributed by atoms with Crippen LogP contribution in [0.5, 0.6) is 5.75 Å². The molecule has 2 rings (SSSR count). The van der Waals surface area contributed by atoms with Crippen LogP contribution in [0.3, 0.4) is 0 Å². The summed E-state index contributed by atoms with van der Waals surface area (Å²) in [6.07, 6.45) is 3.00. The van der Waals surface area contributed by atoms with E-state index < -0.39 is 10.0 Å². The van der Waals surface area contributed by atoms with Crippen LogP contribution in [-0.2, 0) is 10.0 Å². The van der Waals surface area contributed by atoms with E-state index in [0.29, 0.717) is 18.9 Å². The molecular formula is C15H23NO4S. The summed E-state index contributed by atoms with van der Waals surface area (Å²) >= 11 is 0. The van der Waals surface area contributed by atoms with Crippen molar-refractivity contribution in [3.8, 4) is 5.75 Å². The van der Waals surface area contributed by atoms with Crippen LogP contribution in [0, 0.1) is 11.8 Å². The molecule has 0 radical (unpaired) electrons. The van der Waals surface area contributed by atoms with Gasteiger partial charge in [0, 0.05) is 13.2 Å². The Balaban J connectivity index is 1.97. The molecule has 0 spiro atoms. The third kappa shape index (κ3) is 4.18. The Morgan fingerprint density at radius 2 is 1.90 bits per heavy atom. The zero-order valence-corrected chi connectivity index (χ0v) is 13.1. The lowest BCUT2D eigenvalue weighted by atomic mass is 9.97. The molecule has 1 aromatic carbocycles. The van der Waals surface area contributed by atoms with Gasteiger partial charge in [-0.3, -0.25) is 0 Å². The van der Waals surface area contributed by atoms with Gasteiger partial charge in [0.25, 0.3) is 0 Å². The first-order valence-corrected chi connectivity index (χ1v) is 8.88. The summed E-state index contributed by atoms with van der Waals surface area (Å²) in [5.41, 5.74) is 0. The second kappa shape index (κ2) is 7.24. The van der Waals surface area contributed by atoms with Crippen LogP contribution in [-0.4, -0.2) is 33.3 Å². The number of ether oxygens (including phenoxy) is 1. The number of hydrogen-bond donors (Lipinski definition) is 2. The molecule has 1 fully saturated rings. The average molecular weight is 313 g/mol. The number of aliphatic hydroxyl groups excluding tert-OH is 1. The van der Waals surface area contributed by atoms with Crippen LogP contribution in [0.1, 0.15) is 26.2 Å². The molecule has 2 N–H and O–H groups in total. The molecular weight excluding hydrogens is 290 g/mol. The SMILES string of the molecule is CCOc1ccc(S(=O)(=O)NCC2CCCC2CO)cc1. The van der Waals surface area contributed by atoms with Crippen LogP contribution < -0.4 is 9.46 Å². The van der Waals surface area contributed by atoms with Crippen molar-refractivity contribution in [1.29, 1.82) is 0 Å². The summed E-state index contributed by atoms with van der Waals surface area (Å²) in [5.74, 6) is 1.10. The van der Waals surface area contributed by atoms with Crippen LogP contribution in [0.25, 0.3) is 0 Å². The lowest BCUT2D eigenvalue weighted by molar-refractivity contribution is 0.195. The van der Waals surface area contributed by atoms with Gasteiger partial charge in [0.15, 0.2) is 0 Å². The van der Waals surface area contributed by atoms with Crippen molar-refractivity contribution < 1.29 is 18.3 Å². The minimum absolute atomic E-state index is 0.134. The Morgan fingerprint density at radius 3 is 2.52 bits per heavy atom. The Morgan fingerprint density at radius 1 is 1.24 bits per heavy atom. The molecule has 0 bridgehead atoms. The normalized spacial score (nSPS) is 22.4. The van der Waals surface area contributed by atoms with Gasteiger partial charge in [0.2, 0.25) is 10.0 Å². The monoisotopic (exact) mass is 313 g/mol. The van der Waals surface area contributed by atoms with Crippen molar-refractivity contribution in [3.05, 3.63) is 24.3 Å². The van der Waals surface area contributed by atoms with E-state index >= 15 is 0 Å². The van der Waals surface area contributed by atoms with Crippen molar-refractivity contribution >= 4 is 10.0 Å². The average Bonchev–Trinajstić information content (AvgIpc) is 2.94. The Labute approximate surface area is 126 Å². The molecule has 2 atom stereocenters. The smallest absolute Gasteiger partial charge is 0.240 e. The van der Waals surface area contributed by atoms with Crippen molar-refractivity contribution in [2.45, 2.75) is 31.1 Å². The van der Waals surface area contributed by atoms with Gasteiger partial charge in [-0.2, -0.15) is 0 Å². The maximum atomic E-state index is 12.2. The van der Waals surface area contributed by atoms with Crippen LogP contribution >= 0.6 is 0 Å². The number of hydrogen-bond acceptors (Lipinski definition) is 4. The van der Waals surface area contributed by atoms with Gasteiger partial charge in [-0.05, 0) is 55.9 Å². The van der Waals surface area contributed by atoms with E-state index in [0.717, 1.165) is 19.3 Å². The summed E-state index contributed by atoms with van der Waals surface area (Å²) in [5, 5.41) is 9.27. The minimum Gasteiger partial charge on any atom is -0.494 e. The lowest BCUT2D eigenvalue weighted by Crippen LogP contribution is -2.31. The highest BCUT2D eigenvalue weighted by atomic mass is 32.2. The zero-order chi connectivity index (χ0) is 15.3. The molecule has 6 heteroatoms. The van der Waals surface area contributed by atoms with E-state index in [-0.39, 0.29) is 23.3 Å². The predicted octanol–water partition coefficient (Wildman–Crippen LogP) is 1.77. The van der Waals surface area contributed by atoms with Crippen molar-refractivity contribution in [3.63, 3.8) is 0 Å². The van der Waals surface area contributed by atoms with Gasteiger partial charge in [-0.25, -0.2) is 13.1 Å². The maximum absolute atomic E-state index is 12.2. The maximum Gasteiger partial charge on any atom is 0.240 e. The molecule has 21 heavy (non-hydrogen) atoms. The molecule has 0 aliphatic heterocycles. The largest absolute Gasteiger partial charge is 0.494 e. The van der Waals surface area contributed by atoms with Gasteiger partial charge in [0.05, 0.1) is 11.5 Å². The van der Waals surface area contributed by atoms with Gasteiger partial charge < -0.3 is 9.84 Å². The summed E-state index contributed by atoms with van der Waals surface area (Å²) in [4.78, 5) is 0.240. The van der Waals surface area contributed by atoms with Gasteiger partial charge in [-0.1, -0.05) is 6.42 Å². The minimum atomic E-state index is -3.50. The van der Waals surface area contributed by atoms with Gasteiger partial charge in [0.1, 0.15) is 5.75 Å². The Bertz CT molecular complexity index is 541. The summed E-state index contributed by atoms with van der Waals surface area (Å²) in [6, 6.07) is 6.41. The fraction of sp³-hybridized carbons (Fsp3) is 0.600. The van der Waals surface area contributed by atoms with Crippen molar-refractivity contribution in [2.24, 2.45) is 11.8 Å². The van der Waals surface area contributed by atoms with E-state index in [1.807, 2.05) is 6.92 Å². The fourth-order valence-corrected chi connectivity index (χ4v) is 3.90. The molecule has 2 unspecified atom stereocenters. The van der Waals surface area contributed by atoms with E-state index in [4.69, 9.17) is 4.74 Å². The van der Waals surface area contributed by atoms with Crippen LogP contribution in [0.4, 0.5) is 0 Å². The first kappa shape index (κ1) is 16.3. The predicted molar refractivity (Wildman–Crippen MR) is 80.7 cm³/mol. The lowest BCUT2D eigenvalue weighted by Gasteiger charge is -2.17. The highest BCUT2D eigenvalue weighted by molar-refractivity contribution is 7.89. The quantitative estimate of drug-likeness (QED) is 0.804. The van der Waals surface area contributed by atoms with E-state index in [9.17, 15) is 13.5 Å². The summed E-state index contributed by atoms with van der Waals surface area (Å²) in [7, 11) is -3.50. The number of rotatable bonds is 7. The second-order valence-corrected chi connectivity index (χ2v) is 7.16. The fourth-order valence-electron chi connectivity index (χ4n) is 2.80. The standard InChI is InChI=1S/C15H23NO4S/c1-2-20-14-6-8-15(9-7-14)21(18,19)16-10-12-4-3-5-13(12)11-17/h6-9,12-13,16-17H,2-5,10-11H2,1H3. The zero-order valence-electron chi connectivity index (χ0n) is 12.3. The van der Waals surface area contributed by atoms with E-state index in [1.54, 1.807) is 24.3 Å². The second-order valence-electron chi connectivity index (χ2n) is 5.39. The van der Waals surface area contributed by atoms with Crippen molar-refractivity contribution in [2.75, 3.05) is 19.8 Å². The van der Waals surface area contributed by atoms with Gasteiger partial charge in [-0.15, -0.1) is 0 Å². The molecule has 1 aromatic rings. The molecule has 0 heterocycles. The third-order valence-corrected chi connectivity index (χ3v) is 5.47. The number of benzene rings is 1. The topological polar surface area (TPSA) is 75.6 Å². The molecule has 0 aromatic heterocycles. The first-order valence-electron chi connectivity index (χ1n) is 7.40. The molecule has 0 amide bonds. The Kier molecular flexibility index (Phi) is 5.61. The van der Waals surface area contributed by atoms with E-state index in [2.05, 4.69) is 4.72 Å². The first-order chi connectivity index (χ1) is 10.1.